The summed E-state index contributed by atoms with van der Waals surface area (Å²) in [6.45, 7) is 11.0. The monoisotopic (exact) mass is 485 g/mol. The number of nitrogens with zero attached hydrogens (tertiary/aromatic N) is 1. The Bertz CT molecular complexity index is 841. The van der Waals surface area contributed by atoms with Gasteiger partial charge >= 0.3 is 0 Å². The minimum absolute atomic E-state index is 0.00428. The van der Waals surface area contributed by atoms with E-state index in [0.29, 0.717) is 23.7 Å². The van der Waals surface area contributed by atoms with E-state index in [1.807, 2.05) is 12.1 Å². The van der Waals surface area contributed by atoms with Gasteiger partial charge in [0.15, 0.2) is 14.9 Å². The molecule has 1 fully saturated rings. The summed E-state index contributed by atoms with van der Waals surface area (Å²) in [4.78, 5) is 10.9. The Hall–Kier alpha value is -1.35. The van der Waals surface area contributed by atoms with Crippen molar-refractivity contribution in [3.8, 4) is 11.8 Å². The first kappa shape index (κ1) is 27.2. The molecule has 3 rings (SSSR count). The van der Waals surface area contributed by atoms with E-state index in [4.69, 9.17) is 10.00 Å². The van der Waals surface area contributed by atoms with Crippen LogP contribution < -0.4 is 4.74 Å². The highest BCUT2D eigenvalue weighted by atomic mass is 28.4. The SMILES string of the molecule is CCCCCC(CC[C@@H]1C2Cc3cccc(OCC#N)c3CC2C[C@H]1O)CC(C)(C)[Si](C)(C)O. The summed E-state index contributed by atoms with van der Waals surface area (Å²) in [6, 6.07) is 8.30. The van der Waals surface area contributed by atoms with Gasteiger partial charge in [0.25, 0.3) is 0 Å². The summed E-state index contributed by atoms with van der Waals surface area (Å²) in [5.74, 6) is 2.86. The van der Waals surface area contributed by atoms with Crippen LogP contribution in [-0.2, 0) is 12.8 Å². The normalized spacial score (nSPS) is 25.4. The Morgan fingerprint density at radius 1 is 1.21 bits per heavy atom. The molecule has 0 aromatic heterocycles. The van der Waals surface area contributed by atoms with Crippen LogP contribution in [0.15, 0.2) is 18.2 Å². The summed E-state index contributed by atoms with van der Waals surface area (Å²) in [5, 5.41) is 20.0. The van der Waals surface area contributed by atoms with E-state index in [1.54, 1.807) is 0 Å². The van der Waals surface area contributed by atoms with Crippen LogP contribution in [-0.4, -0.2) is 30.9 Å². The average molecular weight is 486 g/mol. The van der Waals surface area contributed by atoms with Crippen molar-refractivity contribution in [1.82, 2.24) is 0 Å². The van der Waals surface area contributed by atoms with Crippen LogP contribution >= 0.6 is 0 Å². The van der Waals surface area contributed by atoms with Gasteiger partial charge in [-0.1, -0.05) is 65.0 Å². The third-order valence-electron chi connectivity index (χ3n) is 9.22. The lowest BCUT2D eigenvalue weighted by Gasteiger charge is -2.39. The molecule has 5 heteroatoms. The summed E-state index contributed by atoms with van der Waals surface area (Å²) in [7, 11) is -2.23. The molecule has 0 aliphatic heterocycles. The Labute approximate surface area is 208 Å². The van der Waals surface area contributed by atoms with Crippen LogP contribution in [0.5, 0.6) is 5.75 Å². The number of aliphatic hydroxyl groups excluding tert-OH is 1. The largest absolute Gasteiger partial charge is 0.478 e. The van der Waals surface area contributed by atoms with Gasteiger partial charge in [0, 0.05) is 0 Å². The Kier molecular flexibility index (Phi) is 9.28. The third-order valence-corrected chi connectivity index (χ3v) is 12.7. The molecule has 0 bridgehead atoms. The maximum atomic E-state index is 11.1. The van der Waals surface area contributed by atoms with Gasteiger partial charge in [0.1, 0.15) is 11.8 Å². The lowest BCUT2D eigenvalue weighted by molar-refractivity contribution is 0.104. The first-order chi connectivity index (χ1) is 16.1. The second-order valence-corrected chi connectivity index (χ2v) is 16.7. The molecule has 4 nitrogen and oxygen atoms in total. The highest BCUT2D eigenvalue weighted by molar-refractivity contribution is 6.72. The molecule has 190 valence electrons. The summed E-state index contributed by atoms with van der Waals surface area (Å²) in [6.07, 6.45) is 11.0. The first-order valence-electron chi connectivity index (χ1n) is 13.6. The van der Waals surface area contributed by atoms with Crippen molar-refractivity contribution in [3.05, 3.63) is 29.3 Å². The number of nitriles is 1. The van der Waals surface area contributed by atoms with Crippen molar-refractivity contribution in [1.29, 1.82) is 5.26 Å². The zero-order valence-electron chi connectivity index (χ0n) is 22.1. The van der Waals surface area contributed by atoms with E-state index < -0.39 is 8.32 Å². The molecule has 0 spiro atoms. The minimum Gasteiger partial charge on any atom is -0.478 e. The fourth-order valence-electron chi connectivity index (χ4n) is 6.48. The molecule has 1 aromatic rings. The molecule has 2 aliphatic rings. The molecule has 0 heterocycles. The third kappa shape index (κ3) is 6.45. The number of fused-ring (bicyclic) bond motifs is 2. The van der Waals surface area contributed by atoms with Gasteiger partial charge < -0.3 is 14.6 Å². The first-order valence-corrected chi connectivity index (χ1v) is 16.5. The number of ether oxygens (including phenoxy) is 1. The minimum atomic E-state index is -2.23. The maximum absolute atomic E-state index is 11.1. The number of hydrogen-bond donors (Lipinski definition) is 2. The number of unbranched alkanes of at least 4 members (excludes halogenated alkanes) is 2. The van der Waals surface area contributed by atoms with E-state index in [-0.39, 0.29) is 17.7 Å². The van der Waals surface area contributed by atoms with Crippen molar-refractivity contribution >= 4 is 8.32 Å². The van der Waals surface area contributed by atoms with Crippen molar-refractivity contribution in [2.24, 2.45) is 23.7 Å². The second kappa shape index (κ2) is 11.6. The molecule has 2 N–H and O–H groups in total. The fraction of sp³-hybridized carbons (Fsp3) is 0.759. The number of hydrogen-bond acceptors (Lipinski definition) is 4. The quantitative estimate of drug-likeness (QED) is 0.257. The summed E-state index contributed by atoms with van der Waals surface area (Å²) in [5.41, 5.74) is 2.59. The Morgan fingerprint density at radius 2 is 1.97 bits per heavy atom. The zero-order chi connectivity index (χ0) is 24.9. The van der Waals surface area contributed by atoms with Crippen molar-refractivity contribution in [2.75, 3.05) is 6.61 Å². The zero-order valence-corrected chi connectivity index (χ0v) is 23.1. The van der Waals surface area contributed by atoms with Gasteiger partial charge in [-0.3, -0.25) is 0 Å². The molecule has 3 unspecified atom stereocenters. The molecular weight excluding hydrogens is 438 g/mol. The molecular formula is C29H47NO3Si. The highest BCUT2D eigenvalue weighted by Gasteiger charge is 2.45. The lowest BCUT2D eigenvalue weighted by atomic mass is 9.73. The van der Waals surface area contributed by atoms with Gasteiger partial charge in [-0.15, -0.1) is 0 Å². The van der Waals surface area contributed by atoms with Gasteiger partial charge in [-0.2, -0.15) is 5.26 Å². The highest BCUT2D eigenvalue weighted by Crippen LogP contribution is 2.50. The summed E-state index contributed by atoms with van der Waals surface area (Å²) >= 11 is 0. The molecule has 0 amide bonds. The molecule has 2 aliphatic carbocycles. The predicted octanol–water partition coefficient (Wildman–Crippen LogP) is 6.65. The Balaban J connectivity index is 1.69. The standard InChI is InChI=1S/C29H47NO3Si/c1-6-7-8-10-21(20-29(2,3)34(4,5)32)13-14-24-25-17-22-11-9-12-28(33-16-15-30)26(22)18-23(25)19-27(24)31/h9,11-12,21,23-25,27,31-32H,6-8,10,13-14,16-20H2,1-5H3/t21?,23?,24-,25?,27-/m1/s1. The van der Waals surface area contributed by atoms with Crippen LogP contribution in [0.4, 0.5) is 0 Å². The summed E-state index contributed by atoms with van der Waals surface area (Å²) < 4.78 is 5.71. The van der Waals surface area contributed by atoms with E-state index in [1.165, 1.54) is 36.8 Å². The van der Waals surface area contributed by atoms with Crippen molar-refractivity contribution < 1.29 is 14.6 Å². The van der Waals surface area contributed by atoms with Gasteiger partial charge in [-0.25, -0.2) is 0 Å². The van der Waals surface area contributed by atoms with Gasteiger partial charge in [-0.05, 0) is 91.1 Å². The average Bonchev–Trinajstić information content (AvgIpc) is 3.07. The van der Waals surface area contributed by atoms with Crippen LogP contribution in [0.25, 0.3) is 0 Å². The van der Waals surface area contributed by atoms with E-state index in [9.17, 15) is 9.90 Å². The lowest BCUT2D eigenvalue weighted by Crippen LogP contribution is -2.40. The van der Waals surface area contributed by atoms with E-state index in [2.05, 4.69) is 46.0 Å². The smallest absolute Gasteiger partial charge is 0.188 e. The van der Waals surface area contributed by atoms with Crippen LogP contribution in [0.1, 0.15) is 83.3 Å². The predicted molar refractivity (Wildman–Crippen MR) is 141 cm³/mol. The van der Waals surface area contributed by atoms with Gasteiger partial charge in [0.2, 0.25) is 0 Å². The van der Waals surface area contributed by atoms with Crippen molar-refractivity contribution in [2.45, 2.75) is 109 Å². The maximum Gasteiger partial charge on any atom is 0.188 e. The second-order valence-electron chi connectivity index (χ2n) is 12.2. The molecule has 0 radical (unpaired) electrons. The van der Waals surface area contributed by atoms with Gasteiger partial charge in [0.05, 0.1) is 6.10 Å². The molecule has 1 aromatic carbocycles. The molecule has 1 saturated carbocycles. The number of benzene rings is 1. The van der Waals surface area contributed by atoms with Crippen LogP contribution in [0.2, 0.25) is 18.1 Å². The van der Waals surface area contributed by atoms with Crippen LogP contribution in [0.3, 0.4) is 0 Å². The Morgan fingerprint density at radius 3 is 2.65 bits per heavy atom. The van der Waals surface area contributed by atoms with E-state index >= 15 is 0 Å². The fourth-order valence-corrected chi connectivity index (χ4v) is 7.27. The molecule has 5 atom stereocenters. The molecule has 0 saturated heterocycles. The number of rotatable bonds is 12. The topological polar surface area (TPSA) is 73.5 Å². The molecule has 34 heavy (non-hydrogen) atoms. The van der Waals surface area contributed by atoms with Crippen molar-refractivity contribution in [3.63, 3.8) is 0 Å². The van der Waals surface area contributed by atoms with E-state index in [0.717, 1.165) is 44.3 Å². The number of aliphatic hydroxyl groups is 1. The van der Waals surface area contributed by atoms with Crippen LogP contribution in [0, 0.1) is 35.0 Å².